The van der Waals surface area contributed by atoms with E-state index < -0.39 is 24.0 Å². The summed E-state index contributed by atoms with van der Waals surface area (Å²) in [5.41, 5.74) is 4.20. The summed E-state index contributed by atoms with van der Waals surface area (Å²) >= 11 is 0. The van der Waals surface area contributed by atoms with Crippen molar-refractivity contribution in [2.24, 2.45) is 0 Å². The second-order valence-electron chi connectivity index (χ2n) is 12.6. The van der Waals surface area contributed by atoms with Crippen LogP contribution in [0.15, 0.2) is 78.9 Å². The molecule has 0 aromatic heterocycles. The molecule has 2 aliphatic rings. The van der Waals surface area contributed by atoms with Gasteiger partial charge in [0.2, 0.25) is 0 Å². The Bertz CT molecular complexity index is 2150. The van der Waals surface area contributed by atoms with E-state index in [1.165, 1.54) is 0 Å². The van der Waals surface area contributed by atoms with Crippen molar-refractivity contribution in [3.63, 3.8) is 0 Å². The second kappa shape index (κ2) is 9.39. The number of aromatic hydroxyl groups is 2. The van der Waals surface area contributed by atoms with Gasteiger partial charge in [0.05, 0.1) is 18.0 Å². The minimum atomic E-state index is -1.28. The van der Waals surface area contributed by atoms with Gasteiger partial charge in [-0.2, -0.15) is 0 Å². The zero-order valence-electron chi connectivity index (χ0n) is 25.1. The van der Waals surface area contributed by atoms with Crippen molar-refractivity contribution in [2.75, 3.05) is 49.6 Å². The number of hydrogen-bond donors (Lipinski definition) is 2. The maximum atomic E-state index is 14.7. The monoisotopic (exact) mass is 583 g/mol. The fourth-order valence-corrected chi connectivity index (χ4v) is 8.21. The van der Waals surface area contributed by atoms with Gasteiger partial charge in [0.25, 0.3) is 0 Å². The van der Waals surface area contributed by atoms with Crippen molar-refractivity contribution in [3.8, 4) is 11.5 Å². The molecule has 0 amide bonds. The highest BCUT2D eigenvalue weighted by Gasteiger charge is 2.43. The molecule has 1 heterocycles. The molecule has 7 nitrogen and oxygen atoms in total. The molecule has 6 aromatic rings. The van der Waals surface area contributed by atoms with Crippen LogP contribution in [0.25, 0.3) is 43.1 Å². The van der Waals surface area contributed by atoms with Crippen molar-refractivity contribution < 1.29 is 20.4 Å². The van der Waals surface area contributed by atoms with E-state index in [4.69, 9.17) is 0 Å². The smallest absolute Gasteiger partial charge is 0.123 e. The molecule has 8 rings (SSSR count). The normalized spacial score (nSPS) is 21.4. The van der Waals surface area contributed by atoms with Crippen LogP contribution in [0.5, 0.6) is 11.5 Å². The first-order valence-electron chi connectivity index (χ1n) is 15.0. The average molecular weight is 584 g/mol. The third-order valence-electron chi connectivity index (χ3n) is 9.92. The van der Waals surface area contributed by atoms with E-state index in [2.05, 4.69) is 15.9 Å². The van der Waals surface area contributed by atoms with Crippen LogP contribution in [0.2, 0.25) is 0 Å². The molecule has 2 atom stereocenters. The molecule has 2 unspecified atom stereocenters. The number of phenols is 2. The molecule has 0 saturated heterocycles. The molecule has 1 saturated carbocycles. The summed E-state index contributed by atoms with van der Waals surface area (Å²) in [6.07, 6.45) is -2.57. The first-order chi connectivity index (χ1) is 21.2. The van der Waals surface area contributed by atoms with Crippen molar-refractivity contribution in [1.29, 1.82) is 0 Å². The van der Waals surface area contributed by atoms with Gasteiger partial charge in [-0.3, -0.25) is 0 Å². The van der Waals surface area contributed by atoms with E-state index in [1.807, 2.05) is 87.7 Å². The molecular weight excluding hydrogens is 550 g/mol. The van der Waals surface area contributed by atoms with Gasteiger partial charge in [-0.25, -0.2) is 0 Å². The maximum absolute atomic E-state index is 14.7. The number of rotatable bonds is 3. The summed E-state index contributed by atoms with van der Waals surface area (Å²) in [5, 5.41) is 58.2. The fraction of sp³-hybridized carbons (Fsp3) is 0.243. The zero-order chi connectivity index (χ0) is 30.6. The van der Waals surface area contributed by atoms with Crippen LogP contribution in [0.3, 0.4) is 0 Å². The Hall–Kier alpha value is -4.72. The minimum Gasteiger partial charge on any atom is -0.851 e. The molecule has 0 bridgehead atoms. The summed E-state index contributed by atoms with van der Waals surface area (Å²) in [7, 11) is 7.98. The first-order valence-corrected chi connectivity index (χ1v) is 15.0. The highest BCUT2D eigenvalue weighted by atomic mass is 16.3. The average Bonchev–Trinajstić information content (AvgIpc) is 3.00. The van der Waals surface area contributed by atoms with Crippen LogP contribution in [-0.4, -0.2) is 57.3 Å². The van der Waals surface area contributed by atoms with Gasteiger partial charge in [-0.15, -0.1) is 12.2 Å². The van der Waals surface area contributed by atoms with Gasteiger partial charge in [-0.1, -0.05) is 60.7 Å². The van der Waals surface area contributed by atoms with Gasteiger partial charge in [0.1, 0.15) is 11.5 Å². The second-order valence-corrected chi connectivity index (χ2v) is 12.6. The van der Waals surface area contributed by atoms with E-state index in [0.29, 0.717) is 28.6 Å². The molecule has 0 spiro atoms. The Kier molecular flexibility index (Phi) is 5.73. The Balaban J connectivity index is 1.41. The quantitative estimate of drug-likeness (QED) is 0.285. The number of phenolic OH excluding ortho intramolecular Hbond substituents is 2. The minimum absolute atomic E-state index is 0.0601. The number of fused-ring (bicyclic) bond motifs is 4. The van der Waals surface area contributed by atoms with Gasteiger partial charge in [-0.05, 0) is 51.9 Å². The van der Waals surface area contributed by atoms with Gasteiger partial charge in [0, 0.05) is 66.2 Å². The van der Waals surface area contributed by atoms with E-state index in [-0.39, 0.29) is 11.5 Å². The molecule has 0 radical (unpaired) electrons. The fourth-order valence-electron chi connectivity index (χ4n) is 8.21. The Morgan fingerprint density at radius 1 is 0.614 bits per heavy atom. The van der Waals surface area contributed by atoms with Crippen molar-refractivity contribution in [2.45, 2.75) is 24.0 Å². The summed E-state index contributed by atoms with van der Waals surface area (Å²) in [6, 6.07) is 24.6. The van der Waals surface area contributed by atoms with Crippen LogP contribution in [-0.2, 0) is 0 Å². The lowest BCUT2D eigenvalue weighted by Crippen LogP contribution is -2.63. The van der Waals surface area contributed by atoms with Crippen LogP contribution in [0.4, 0.5) is 17.1 Å². The Morgan fingerprint density at radius 3 is 1.80 bits per heavy atom. The van der Waals surface area contributed by atoms with E-state index >= 15 is 0 Å². The Labute approximate surface area is 255 Å². The van der Waals surface area contributed by atoms with Gasteiger partial charge in [0.15, 0.2) is 0 Å². The topological polar surface area (TPSA) is 96.3 Å². The van der Waals surface area contributed by atoms with Crippen LogP contribution >= 0.6 is 0 Å². The summed E-state index contributed by atoms with van der Waals surface area (Å²) < 4.78 is 0. The third-order valence-corrected chi connectivity index (χ3v) is 9.92. The van der Waals surface area contributed by atoms with Crippen LogP contribution in [0.1, 0.15) is 23.0 Å². The third kappa shape index (κ3) is 3.39. The molecular formula is C37H33N3O4-2. The number of anilines is 3. The van der Waals surface area contributed by atoms with Gasteiger partial charge >= 0.3 is 0 Å². The summed E-state index contributed by atoms with van der Waals surface area (Å²) in [4.78, 5) is 6.33. The van der Waals surface area contributed by atoms with E-state index in [0.717, 1.165) is 49.4 Å². The number of hydrogen-bond acceptors (Lipinski definition) is 7. The largest absolute Gasteiger partial charge is 0.851 e. The molecule has 222 valence electrons. The maximum Gasteiger partial charge on any atom is 0.123 e. The van der Waals surface area contributed by atoms with Crippen molar-refractivity contribution in [1.82, 2.24) is 0 Å². The first kappa shape index (κ1) is 26.9. The molecule has 6 aromatic carbocycles. The molecule has 1 aliphatic heterocycles. The molecule has 7 heteroatoms. The molecule has 1 fully saturated rings. The van der Waals surface area contributed by atoms with Gasteiger partial charge < -0.3 is 35.1 Å². The zero-order valence-corrected chi connectivity index (χ0v) is 25.1. The predicted molar refractivity (Wildman–Crippen MR) is 175 cm³/mol. The lowest BCUT2D eigenvalue weighted by atomic mass is 9.60. The highest BCUT2D eigenvalue weighted by Crippen LogP contribution is 2.57. The van der Waals surface area contributed by atoms with E-state index in [1.54, 1.807) is 18.2 Å². The lowest BCUT2D eigenvalue weighted by Gasteiger charge is -2.62. The van der Waals surface area contributed by atoms with Crippen LogP contribution in [0, 0.1) is 0 Å². The van der Waals surface area contributed by atoms with E-state index in [9.17, 15) is 20.4 Å². The Morgan fingerprint density at radius 2 is 1.14 bits per heavy atom. The highest BCUT2D eigenvalue weighted by molar-refractivity contribution is 6.21. The van der Waals surface area contributed by atoms with Crippen LogP contribution < -0.4 is 24.9 Å². The molecule has 1 aliphatic carbocycles. The van der Waals surface area contributed by atoms with Crippen molar-refractivity contribution in [3.05, 3.63) is 90.0 Å². The summed E-state index contributed by atoms with van der Waals surface area (Å²) in [6.45, 7) is 0.669. The van der Waals surface area contributed by atoms with Crippen molar-refractivity contribution >= 4 is 60.2 Å². The lowest BCUT2D eigenvalue weighted by molar-refractivity contribution is -0.535. The predicted octanol–water partition coefficient (Wildman–Crippen LogP) is 4.96. The summed E-state index contributed by atoms with van der Waals surface area (Å²) in [5.74, 6) is -1.63. The standard InChI is InChI=1S/C37H33N3O4/c1-38(2)34-20-11-6-5-10-19(20)30(28-22(34)13-8-16-25(28)41)32-36(43)33(37(32)44)31-21-12-7-15-24-27(21)35(40(4)18-39(24)3)23-14-9-17-26(42)29(23)31/h5-17,32-33,36-37,41-42H,18H2,1-4H3/q-2. The molecule has 2 N–H and O–H groups in total. The molecule has 44 heavy (non-hydrogen) atoms. The SMILES string of the molecule is CN(C)c1c2ccccc2c(C2C([O-])C(c3c4cccc5c4c(c4cccc(O)c34)N(C)CN5C)C2[O-])c2c(O)cccc12. The number of nitrogens with zero attached hydrogens (tertiary/aromatic N) is 3. The number of benzene rings is 6.